The van der Waals surface area contributed by atoms with Crippen LogP contribution in [0.1, 0.15) is 13.3 Å². The monoisotopic (exact) mass is 195 g/mol. The van der Waals surface area contributed by atoms with Crippen molar-refractivity contribution >= 4 is 11.9 Å². The number of ether oxygens (including phenoxy) is 1. The van der Waals surface area contributed by atoms with Gasteiger partial charge < -0.3 is 4.74 Å². The van der Waals surface area contributed by atoms with Gasteiger partial charge in [-0.25, -0.2) is 15.6 Å². The molecule has 0 aromatic carbocycles. The normalized spacial score (nSPS) is 9.57. The average molecular weight is 195 g/mol. The van der Waals surface area contributed by atoms with Gasteiger partial charge in [0.25, 0.3) is 0 Å². The van der Waals surface area contributed by atoms with Gasteiger partial charge in [-0.05, 0) is 18.6 Å². The van der Waals surface area contributed by atoms with E-state index in [2.05, 4.69) is 4.98 Å². The minimum Gasteiger partial charge on any atom is -0.448 e. The zero-order valence-electron chi connectivity index (χ0n) is 8.01. The molecule has 76 valence electrons. The summed E-state index contributed by atoms with van der Waals surface area (Å²) in [5.74, 6) is 5.84. The van der Waals surface area contributed by atoms with Gasteiger partial charge >= 0.3 is 6.09 Å². The summed E-state index contributed by atoms with van der Waals surface area (Å²) >= 11 is 0. The molecule has 0 bridgehead atoms. The fraction of sp³-hybridized carbons (Fsp3) is 0.333. The van der Waals surface area contributed by atoms with E-state index in [1.807, 2.05) is 6.92 Å². The van der Waals surface area contributed by atoms with Gasteiger partial charge in [0.2, 0.25) is 0 Å². The molecule has 0 radical (unpaired) electrons. The molecule has 1 rings (SSSR count). The minimum atomic E-state index is -0.592. The number of hydrazine groups is 1. The van der Waals surface area contributed by atoms with Gasteiger partial charge in [-0.1, -0.05) is 13.0 Å². The lowest BCUT2D eigenvalue weighted by molar-refractivity contribution is 0.153. The molecule has 0 aliphatic carbocycles. The molecule has 0 saturated heterocycles. The van der Waals surface area contributed by atoms with Crippen molar-refractivity contribution in [2.45, 2.75) is 13.3 Å². The molecule has 0 spiro atoms. The Labute approximate surface area is 82.5 Å². The van der Waals surface area contributed by atoms with Gasteiger partial charge in [0.05, 0.1) is 6.61 Å². The summed E-state index contributed by atoms with van der Waals surface area (Å²) in [5, 5.41) is 0.885. The van der Waals surface area contributed by atoms with Crippen molar-refractivity contribution in [1.29, 1.82) is 0 Å². The quantitative estimate of drug-likeness (QED) is 0.448. The maximum Gasteiger partial charge on any atom is 0.430 e. The largest absolute Gasteiger partial charge is 0.448 e. The fourth-order valence-electron chi connectivity index (χ4n) is 0.849. The van der Waals surface area contributed by atoms with E-state index in [-0.39, 0.29) is 0 Å². The molecule has 0 unspecified atom stereocenters. The molecule has 0 atom stereocenters. The van der Waals surface area contributed by atoms with Crippen LogP contribution in [0.5, 0.6) is 0 Å². The van der Waals surface area contributed by atoms with Gasteiger partial charge in [-0.2, -0.15) is 5.01 Å². The Kier molecular flexibility index (Phi) is 3.87. The fourth-order valence-corrected chi connectivity index (χ4v) is 0.849. The first kappa shape index (κ1) is 10.5. The third kappa shape index (κ3) is 2.70. The molecule has 14 heavy (non-hydrogen) atoms. The number of amides is 1. The van der Waals surface area contributed by atoms with Crippen molar-refractivity contribution in [3.63, 3.8) is 0 Å². The molecule has 2 N–H and O–H groups in total. The Hall–Kier alpha value is -1.62. The molecule has 5 heteroatoms. The predicted molar refractivity (Wildman–Crippen MR) is 52.5 cm³/mol. The number of carbonyl (C=O) groups excluding carboxylic acids is 1. The predicted octanol–water partition coefficient (Wildman–Crippen LogP) is 1.31. The van der Waals surface area contributed by atoms with Crippen molar-refractivity contribution in [3.05, 3.63) is 24.4 Å². The summed E-state index contributed by atoms with van der Waals surface area (Å²) < 4.78 is 4.83. The number of pyridine rings is 1. The number of hydrogen-bond donors (Lipinski definition) is 1. The molecule has 1 aromatic rings. The third-order valence-electron chi connectivity index (χ3n) is 1.52. The first-order chi connectivity index (χ1) is 6.75. The van der Waals surface area contributed by atoms with Crippen LogP contribution in [0.2, 0.25) is 0 Å². The maximum absolute atomic E-state index is 11.2. The van der Waals surface area contributed by atoms with Crippen molar-refractivity contribution in [2.75, 3.05) is 11.6 Å². The van der Waals surface area contributed by atoms with Crippen LogP contribution < -0.4 is 10.9 Å². The van der Waals surface area contributed by atoms with Gasteiger partial charge in [-0.15, -0.1) is 0 Å². The van der Waals surface area contributed by atoms with Crippen LogP contribution in [-0.2, 0) is 4.74 Å². The maximum atomic E-state index is 11.2. The molecule has 1 aromatic heterocycles. The van der Waals surface area contributed by atoms with Crippen LogP contribution in [0.25, 0.3) is 0 Å². The first-order valence-electron chi connectivity index (χ1n) is 4.38. The summed E-state index contributed by atoms with van der Waals surface area (Å²) in [6.45, 7) is 2.27. The van der Waals surface area contributed by atoms with E-state index in [1.54, 1.807) is 24.4 Å². The highest BCUT2D eigenvalue weighted by Crippen LogP contribution is 2.05. The van der Waals surface area contributed by atoms with E-state index >= 15 is 0 Å². The average Bonchev–Trinajstić information content (AvgIpc) is 2.26. The number of hydrogen-bond acceptors (Lipinski definition) is 4. The van der Waals surface area contributed by atoms with E-state index in [0.29, 0.717) is 12.4 Å². The number of nitrogens with zero attached hydrogens (tertiary/aromatic N) is 2. The van der Waals surface area contributed by atoms with Crippen LogP contribution >= 0.6 is 0 Å². The van der Waals surface area contributed by atoms with Crippen molar-refractivity contribution < 1.29 is 9.53 Å². The number of aromatic nitrogens is 1. The number of rotatable bonds is 3. The lowest BCUT2D eigenvalue weighted by Crippen LogP contribution is -2.38. The molecule has 0 fully saturated rings. The highest BCUT2D eigenvalue weighted by atomic mass is 16.6. The minimum absolute atomic E-state index is 0.360. The van der Waals surface area contributed by atoms with Crippen molar-refractivity contribution in [3.8, 4) is 0 Å². The summed E-state index contributed by atoms with van der Waals surface area (Å²) in [5.41, 5.74) is 0. The molecule has 1 amide bonds. The van der Waals surface area contributed by atoms with Gasteiger partial charge in [0.1, 0.15) is 0 Å². The summed E-state index contributed by atoms with van der Waals surface area (Å²) in [7, 11) is 0. The number of carbonyl (C=O) groups is 1. The second-order valence-electron chi connectivity index (χ2n) is 2.67. The van der Waals surface area contributed by atoms with Crippen LogP contribution in [0.4, 0.5) is 10.6 Å². The number of nitrogens with two attached hydrogens (primary N) is 1. The highest BCUT2D eigenvalue weighted by Gasteiger charge is 2.12. The van der Waals surface area contributed by atoms with Crippen LogP contribution in [-0.4, -0.2) is 17.7 Å². The molecular weight excluding hydrogens is 182 g/mol. The van der Waals surface area contributed by atoms with E-state index in [4.69, 9.17) is 10.6 Å². The van der Waals surface area contributed by atoms with E-state index < -0.39 is 6.09 Å². The second-order valence-corrected chi connectivity index (χ2v) is 2.67. The number of anilines is 1. The lowest BCUT2D eigenvalue weighted by Gasteiger charge is -2.14. The second kappa shape index (κ2) is 5.18. The van der Waals surface area contributed by atoms with Gasteiger partial charge in [0.15, 0.2) is 5.82 Å². The Bertz CT molecular complexity index is 289. The Balaban J connectivity index is 2.57. The van der Waals surface area contributed by atoms with Gasteiger partial charge in [0, 0.05) is 6.20 Å². The standard InChI is InChI=1S/C9H13N3O2/c1-2-7-14-9(13)12(10)8-5-3-4-6-11-8/h3-6H,2,7,10H2,1H3. The van der Waals surface area contributed by atoms with Crippen LogP contribution in [0, 0.1) is 0 Å². The Morgan fingerprint density at radius 2 is 2.43 bits per heavy atom. The molecule has 0 aliphatic heterocycles. The first-order valence-corrected chi connectivity index (χ1v) is 4.38. The van der Waals surface area contributed by atoms with E-state index in [1.165, 1.54) is 0 Å². The van der Waals surface area contributed by atoms with Crippen LogP contribution in [0.3, 0.4) is 0 Å². The topological polar surface area (TPSA) is 68.5 Å². The van der Waals surface area contributed by atoms with Gasteiger partial charge in [-0.3, -0.25) is 0 Å². The van der Waals surface area contributed by atoms with Crippen molar-refractivity contribution in [2.24, 2.45) is 5.84 Å². The smallest absolute Gasteiger partial charge is 0.430 e. The van der Waals surface area contributed by atoms with Crippen LogP contribution in [0.15, 0.2) is 24.4 Å². The lowest BCUT2D eigenvalue weighted by atomic mass is 10.4. The summed E-state index contributed by atoms with van der Waals surface area (Å²) in [6, 6.07) is 5.12. The van der Waals surface area contributed by atoms with E-state index in [9.17, 15) is 4.79 Å². The summed E-state index contributed by atoms with van der Waals surface area (Å²) in [4.78, 5) is 15.1. The molecule has 0 saturated carbocycles. The summed E-state index contributed by atoms with van der Waals surface area (Å²) in [6.07, 6.45) is 1.73. The molecule has 0 aliphatic rings. The van der Waals surface area contributed by atoms with Crippen molar-refractivity contribution in [1.82, 2.24) is 4.98 Å². The SMILES string of the molecule is CCCOC(=O)N(N)c1ccccn1. The zero-order chi connectivity index (χ0) is 10.4. The molecule has 1 heterocycles. The highest BCUT2D eigenvalue weighted by molar-refractivity contribution is 5.84. The Morgan fingerprint density at radius 3 is 3.00 bits per heavy atom. The van der Waals surface area contributed by atoms with E-state index in [0.717, 1.165) is 11.4 Å². The third-order valence-corrected chi connectivity index (χ3v) is 1.52. The Morgan fingerprint density at radius 1 is 1.64 bits per heavy atom. The molecule has 5 nitrogen and oxygen atoms in total. The molecular formula is C9H13N3O2. The zero-order valence-corrected chi connectivity index (χ0v) is 8.01.